The third kappa shape index (κ3) is 8.20. The molecule has 2 atom stereocenters. The molecule has 9 heteroatoms. The molecule has 1 saturated heterocycles. The Hall–Kier alpha value is -2.65. The fourth-order valence-corrected chi connectivity index (χ4v) is 4.41. The van der Waals surface area contributed by atoms with Gasteiger partial charge in [0.15, 0.2) is 0 Å². The molecule has 2 amide bonds. The normalized spacial score (nSPS) is 19.9. The van der Waals surface area contributed by atoms with Gasteiger partial charge in [0.25, 0.3) is 0 Å². The minimum Gasteiger partial charge on any atom is -0.493 e. The second-order valence-corrected chi connectivity index (χ2v) is 10.6. The summed E-state index contributed by atoms with van der Waals surface area (Å²) in [5.74, 6) is 0.00873. The maximum atomic E-state index is 14.9. The zero-order chi connectivity index (χ0) is 26.3. The van der Waals surface area contributed by atoms with E-state index in [2.05, 4.69) is 5.32 Å². The Morgan fingerprint density at radius 2 is 1.94 bits per heavy atom. The van der Waals surface area contributed by atoms with Gasteiger partial charge in [-0.1, -0.05) is 6.08 Å². The largest absolute Gasteiger partial charge is 0.493 e. The van der Waals surface area contributed by atoms with Crippen molar-refractivity contribution in [3.8, 4) is 5.75 Å². The molecule has 36 heavy (non-hydrogen) atoms. The lowest BCUT2D eigenvalue weighted by atomic mass is 9.86. The Balaban J connectivity index is 1.46. The number of amides is 2. The van der Waals surface area contributed by atoms with E-state index in [1.54, 1.807) is 17.0 Å². The van der Waals surface area contributed by atoms with Crippen LogP contribution in [0.4, 0.5) is 9.18 Å². The first-order valence-electron chi connectivity index (χ1n) is 12.7. The van der Waals surface area contributed by atoms with Crippen molar-refractivity contribution in [1.29, 1.82) is 0 Å². The van der Waals surface area contributed by atoms with Crippen LogP contribution in [-0.4, -0.2) is 71.7 Å². The number of piperidine rings is 1. The molecule has 1 aromatic rings. The van der Waals surface area contributed by atoms with Crippen molar-refractivity contribution in [2.24, 2.45) is 11.8 Å². The monoisotopic (exact) mass is 506 g/mol. The number of benzene rings is 1. The molecule has 1 unspecified atom stereocenters. The fraction of sp³-hybridized carbons (Fsp3) is 0.630. The average molecular weight is 507 g/mol. The second-order valence-electron chi connectivity index (χ2n) is 10.6. The van der Waals surface area contributed by atoms with Crippen molar-refractivity contribution >= 4 is 17.6 Å². The number of rotatable bonds is 8. The number of ether oxygens (including phenoxy) is 2. The number of aliphatic hydroxyl groups excluding tert-OH is 2. The van der Waals surface area contributed by atoms with E-state index in [1.807, 2.05) is 26.8 Å². The van der Waals surface area contributed by atoms with Crippen LogP contribution in [0.3, 0.4) is 0 Å². The minimum atomic E-state index is -0.969. The molecule has 1 aromatic carbocycles. The molecule has 0 bridgehead atoms. The molecule has 1 fully saturated rings. The summed E-state index contributed by atoms with van der Waals surface area (Å²) in [7, 11) is 0. The van der Waals surface area contributed by atoms with Gasteiger partial charge in [-0.05, 0) is 76.5 Å². The summed E-state index contributed by atoms with van der Waals surface area (Å²) >= 11 is 0. The number of allylic oxidation sites excluding steroid dienone is 2. The third-order valence-electron chi connectivity index (χ3n) is 6.54. The molecule has 8 nitrogen and oxygen atoms in total. The number of nitrogens with one attached hydrogen (secondary N) is 1. The lowest BCUT2D eigenvalue weighted by Crippen LogP contribution is -2.42. The topological polar surface area (TPSA) is 108 Å². The van der Waals surface area contributed by atoms with E-state index in [1.165, 1.54) is 6.07 Å². The van der Waals surface area contributed by atoms with Gasteiger partial charge in [0.2, 0.25) is 5.91 Å². The quantitative estimate of drug-likeness (QED) is 0.498. The first-order valence-corrected chi connectivity index (χ1v) is 12.7. The maximum Gasteiger partial charge on any atom is 0.410 e. The highest BCUT2D eigenvalue weighted by atomic mass is 19.1. The molecule has 0 aromatic heterocycles. The van der Waals surface area contributed by atoms with Gasteiger partial charge < -0.3 is 29.9 Å². The van der Waals surface area contributed by atoms with Crippen LogP contribution in [0.5, 0.6) is 5.75 Å². The standard InChI is InChI=1S/C27H39FN2O6/c1-27(2,3)36-26(34)30-12-10-18(11-13-30)17-35-22-8-9-23(24(28)14-22)19-4-6-20(7-5-19)25(33)29-15-21(32)16-31/h4,8-9,14,18,20-21,31-32H,5-7,10-13,15-17H2,1-3H3,(H,29,33)/t20?,21-/m0/s1. The van der Waals surface area contributed by atoms with Crippen LogP contribution < -0.4 is 10.1 Å². The third-order valence-corrected chi connectivity index (χ3v) is 6.54. The summed E-state index contributed by atoms with van der Waals surface area (Å²) in [5, 5.41) is 20.9. The van der Waals surface area contributed by atoms with Crippen LogP contribution in [-0.2, 0) is 9.53 Å². The number of carbonyl (C=O) groups excluding carboxylic acids is 2. The van der Waals surface area contributed by atoms with Gasteiger partial charge in [-0.3, -0.25) is 4.79 Å². The molecule has 1 heterocycles. The number of nitrogens with zero attached hydrogens (tertiary/aromatic N) is 1. The van der Waals surface area contributed by atoms with E-state index in [4.69, 9.17) is 14.6 Å². The first kappa shape index (κ1) is 27.9. The zero-order valence-corrected chi connectivity index (χ0v) is 21.5. The Morgan fingerprint density at radius 1 is 1.22 bits per heavy atom. The van der Waals surface area contributed by atoms with Gasteiger partial charge in [0.05, 0.1) is 19.3 Å². The summed E-state index contributed by atoms with van der Waals surface area (Å²) in [6.07, 6.45) is 3.91. The van der Waals surface area contributed by atoms with Crippen LogP contribution >= 0.6 is 0 Å². The summed E-state index contributed by atoms with van der Waals surface area (Å²) in [6.45, 7) is 6.87. The summed E-state index contributed by atoms with van der Waals surface area (Å²) in [4.78, 5) is 26.2. The maximum absolute atomic E-state index is 14.9. The molecular formula is C27H39FN2O6. The minimum absolute atomic E-state index is 0.0152. The van der Waals surface area contributed by atoms with Crippen LogP contribution in [0.2, 0.25) is 0 Å². The van der Waals surface area contributed by atoms with Crippen molar-refractivity contribution in [3.05, 3.63) is 35.7 Å². The van der Waals surface area contributed by atoms with Gasteiger partial charge in [-0.15, -0.1) is 0 Å². The van der Waals surface area contributed by atoms with Gasteiger partial charge in [-0.2, -0.15) is 0 Å². The number of hydrogen-bond donors (Lipinski definition) is 3. The van der Waals surface area contributed by atoms with Crippen molar-refractivity contribution in [2.45, 2.75) is 64.6 Å². The Bertz CT molecular complexity index is 937. The number of aliphatic hydroxyl groups is 2. The smallest absolute Gasteiger partial charge is 0.410 e. The Morgan fingerprint density at radius 3 is 2.53 bits per heavy atom. The molecule has 200 valence electrons. The molecule has 3 rings (SSSR count). The van der Waals surface area contributed by atoms with Crippen LogP contribution in [0.25, 0.3) is 5.57 Å². The number of carbonyl (C=O) groups is 2. The van der Waals surface area contributed by atoms with Gasteiger partial charge in [0.1, 0.15) is 17.2 Å². The second kappa shape index (κ2) is 12.5. The number of hydrogen-bond acceptors (Lipinski definition) is 6. The molecule has 1 aliphatic heterocycles. The molecule has 0 saturated carbocycles. The number of likely N-dealkylation sites (tertiary alicyclic amines) is 1. The molecule has 2 aliphatic rings. The van der Waals surface area contributed by atoms with E-state index in [0.717, 1.165) is 18.4 Å². The Kier molecular flexibility index (Phi) is 9.73. The van der Waals surface area contributed by atoms with Gasteiger partial charge >= 0.3 is 6.09 Å². The van der Waals surface area contributed by atoms with E-state index < -0.39 is 18.3 Å². The van der Waals surface area contributed by atoms with Gasteiger partial charge in [-0.25, -0.2) is 9.18 Å². The number of halogens is 1. The van der Waals surface area contributed by atoms with Crippen LogP contribution in [0, 0.1) is 17.7 Å². The predicted molar refractivity (Wildman–Crippen MR) is 134 cm³/mol. The molecule has 0 radical (unpaired) electrons. The van der Waals surface area contributed by atoms with E-state index in [0.29, 0.717) is 50.3 Å². The molecule has 1 aliphatic carbocycles. The first-order chi connectivity index (χ1) is 17.1. The van der Waals surface area contributed by atoms with E-state index in [9.17, 15) is 19.1 Å². The van der Waals surface area contributed by atoms with Crippen molar-refractivity contribution in [1.82, 2.24) is 10.2 Å². The van der Waals surface area contributed by atoms with Crippen molar-refractivity contribution in [3.63, 3.8) is 0 Å². The summed E-state index contributed by atoms with van der Waals surface area (Å²) in [5.41, 5.74) is 0.873. The van der Waals surface area contributed by atoms with Crippen molar-refractivity contribution < 1.29 is 33.7 Å². The van der Waals surface area contributed by atoms with Crippen molar-refractivity contribution in [2.75, 3.05) is 32.8 Å². The van der Waals surface area contributed by atoms with Crippen LogP contribution in [0.1, 0.15) is 58.4 Å². The van der Waals surface area contributed by atoms with Crippen LogP contribution in [0.15, 0.2) is 24.3 Å². The lowest BCUT2D eigenvalue weighted by Gasteiger charge is -2.33. The summed E-state index contributed by atoms with van der Waals surface area (Å²) < 4.78 is 26.2. The lowest BCUT2D eigenvalue weighted by molar-refractivity contribution is -0.125. The highest BCUT2D eigenvalue weighted by Gasteiger charge is 2.27. The molecular weight excluding hydrogens is 467 g/mol. The van der Waals surface area contributed by atoms with E-state index in [-0.39, 0.29) is 36.2 Å². The van der Waals surface area contributed by atoms with Gasteiger partial charge in [0, 0.05) is 37.2 Å². The SMILES string of the molecule is CC(C)(C)OC(=O)N1CCC(COc2ccc(C3=CCC(C(=O)NC[C@H](O)CO)CC3)c(F)c2)CC1. The fourth-order valence-electron chi connectivity index (χ4n) is 4.41. The highest BCUT2D eigenvalue weighted by Crippen LogP contribution is 2.33. The Labute approximate surface area is 212 Å². The highest BCUT2D eigenvalue weighted by molar-refractivity contribution is 5.80. The predicted octanol–water partition coefficient (Wildman–Crippen LogP) is 3.50. The molecule has 3 N–H and O–H groups in total. The van der Waals surface area contributed by atoms with E-state index >= 15 is 0 Å². The zero-order valence-electron chi connectivity index (χ0n) is 21.5. The summed E-state index contributed by atoms with van der Waals surface area (Å²) in [6, 6.07) is 4.89. The average Bonchev–Trinajstić information content (AvgIpc) is 2.85. The molecule has 0 spiro atoms.